The standard InChI is InChI=1S/C19H20Cl2N4O/c1-13-9-18-23-11-14(12-25(18)24-13)3-2-8-22-19(26)7-5-15-4-6-16(20)10-17(15)21/h4,6,9-12H,2-3,5,7-8H2,1H3,(H,22,26). The van der Waals surface area contributed by atoms with Crippen LogP contribution >= 0.6 is 23.2 Å². The van der Waals surface area contributed by atoms with E-state index in [1.54, 1.807) is 16.6 Å². The van der Waals surface area contributed by atoms with Crippen molar-refractivity contribution in [2.24, 2.45) is 0 Å². The van der Waals surface area contributed by atoms with E-state index in [-0.39, 0.29) is 5.91 Å². The Bertz CT molecular complexity index is 923. The SMILES string of the molecule is Cc1cc2ncc(CCCNC(=O)CCc3ccc(Cl)cc3Cl)cn2n1. The van der Waals surface area contributed by atoms with Crippen LogP contribution in [0.2, 0.25) is 10.0 Å². The first kappa shape index (κ1) is 18.7. The summed E-state index contributed by atoms with van der Waals surface area (Å²) in [4.78, 5) is 16.4. The third-order valence-corrected chi connectivity index (χ3v) is 4.68. The molecule has 1 amide bonds. The topological polar surface area (TPSA) is 59.3 Å². The molecule has 0 aliphatic rings. The van der Waals surface area contributed by atoms with E-state index in [0.717, 1.165) is 35.3 Å². The first-order chi connectivity index (χ1) is 12.5. The van der Waals surface area contributed by atoms with Crippen LogP contribution in [0.15, 0.2) is 36.7 Å². The van der Waals surface area contributed by atoms with Gasteiger partial charge in [0, 0.05) is 41.5 Å². The van der Waals surface area contributed by atoms with E-state index >= 15 is 0 Å². The second-order valence-corrected chi connectivity index (χ2v) is 7.08. The average molecular weight is 391 g/mol. The fourth-order valence-electron chi connectivity index (χ4n) is 2.74. The van der Waals surface area contributed by atoms with Gasteiger partial charge in [0.05, 0.1) is 5.69 Å². The van der Waals surface area contributed by atoms with E-state index in [9.17, 15) is 4.79 Å². The van der Waals surface area contributed by atoms with Crippen LogP contribution in [0, 0.1) is 6.92 Å². The maximum Gasteiger partial charge on any atom is 0.220 e. The minimum Gasteiger partial charge on any atom is -0.356 e. The third kappa shape index (κ3) is 4.96. The minimum atomic E-state index is 0.0206. The van der Waals surface area contributed by atoms with E-state index in [1.165, 1.54) is 0 Å². The van der Waals surface area contributed by atoms with Crippen molar-refractivity contribution >= 4 is 34.8 Å². The summed E-state index contributed by atoms with van der Waals surface area (Å²) in [7, 11) is 0. The van der Waals surface area contributed by atoms with Gasteiger partial charge >= 0.3 is 0 Å². The molecule has 0 atom stereocenters. The summed E-state index contributed by atoms with van der Waals surface area (Å²) in [6, 6.07) is 7.28. The van der Waals surface area contributed by atoms with Crippen molar-refractivity contribution in [3.63, 3.8) is 0 Å². The molecule has 1 N–H and O–H groups in total. The Morgan fingerprint density at radius 1 is 1.23 bits per heavy atom. The van der Waals surface area contributed by atoms with Gasteiger partial charge in [0.15, 0.2) is 5.65 Å². The lowest BCUT2D eigenvalue weighted by atomic mass is 10.1. The lowest BCUT2D eigenvalue weighted by Crippen LogP contribution is -2.25. The van der Waals surface area contributed by atoms with Crippen LogP contribution in [0.4, 0.5) is 0 Å². The summed E-state index contributed by atoms with van der Waals surface area (Å²) in [5.74, 6) is 0.0206. The molecule has 0 radical (unpaired) electrons. The number of nitrogens with zero attached hydrogens (tertiary/aromatic N) is 3. The number of fused-ring (bicyclic) bond motifs is 1. The summed E-state index contributed by atoms with van der Waals surface area (Å²) in [5, 5.41) is 8.50. The zero-order valence-corrected chi connectivity index (χ0v) is 16.0. The highest BCUT2D eigenvalue weighted by atomic mass is 35.5. The van der Waals surface area contributed by atoms with Gasteiger partial charge in [-0.15, -0.1) is 0 Å². The largest absolute Gasteiger partial charge is 0.356 e. The maximum absolute atomic E-state index is 12.0. The summed E-state index contributed by atoms with van der Waals surface area (Å²) in [6.45, 7) is 2.57. The van der Waals surface area contributed by atoms with Crippen LogP contribution in [0.1, 0.15) is 29.7 Å². The highest BCUT2D eigenvalue weighted by Gasteiger charge is 2.06. The quantitative estimate of drug-likeness (QED) is 0.619. The van der Waals surface area contributed by atoms with Gasteiger partial charge in [-0.2, -0.15) is 5.10 Å². The Labute approximate surface area is 162 Å². The monoisotopic (exact) mass is 390 g/mol. The highest BCUT2D eigenvalue weighted by molar-refractivity contribution is 6.35. The number of amides is 1. The Kier molecular flexibility index (Phi) is 6.12. The van der Waals surface area contributed by atoms with Crippen molar-refractivity contribution in [2.75, 3.05) is 6.54 Å². The lowest BCUT2D eigenvalue weighted by molar-refractivity contribution is -0.121. The average Bonchev–Trinajstić information content (AvgIpc) is 2.97. The molecule has 26 heavy (non-hydrogen) atoms. The minimum absolute atomic E-state index is 0.0206. The molecule has 7 heteroatoms. The molecular formula is C19H20Cl2N4O. The van der Waals surface area contributed by atoms with E-state index in [2.05, 4.69) is 15.4 Å². The van der Waals surface area contributed by atoms with Crippen LogP contribution < -0.4 is 5.32 Å². The first-order valence-corrected chi connectivity index (χ1v) is 9.28. The Morgan fingerprint density at radius 2 is 2.08 bits per heavy atom. The Balaban J connectivity index is 1.40. The molecule has 0 aliphatic heterocycles. The molecular weight excluding hydrogens is 371 g/mol. The summed E-state index contributed by atoms with van der Waals surface area (Å²) in [6.07, 6.45) is 6.54. The fourth-order valence-corrected chi connectivity index (χ4v) is 3.25. The molecule has 0 aliphatic carbocycles. The molecule has 0 saturated heterocycles. The predicted octanol–water partition coefficient (Wildman–Crippen LogP) is 4.03. The normalized spacial score (nSPS) is 11.0. The Hall–Kier alpha value is -2.11. The van der Waals surface area contributed by atoms with Gasteiger partial charge in [0.2, 0.25) is 5.91 Å². The van der Waals surface area contributed by atoms with Crippen molar-refractivity contribution in [2.45, 2.75) is 32.6 Å². The Morgan fingerprint density at radius 3 is 2.88 bits per heavy atom. The van der Waals surface area contributed by atoms with Gasteiger partial charge in [0.1, 0.15) is 0 Å². The van der Waals surface area contributed by atoms with E-state index < -0.39 is 0 Å². The molecule has 0 spiro atoms. The summed E-state index contributed by atoms with van der Waals surface area (Å²) in [5.41, 5.74) is 3.83. The number of rotatable bonds is 7. The number of carbonyl (C=O) groups is 1. The first-order valence-electron chi connectivity index (χ1n) is 8.53. The number of hydrogen-bond acceptors (Lipinski definition) is 3. The molecule has 3 aromatic rings. The fraction of sp³-hybridized carbons (Fsp3) is 0.316. The number of aromatic nitrogens is 3. The van der Waals surface area contributed by atoms with Crippen LogP contribution in [0.5, 0.6) is 0 Å². The van der Waals surface area contributed by atoms with E-state index in [0.29, 0.717) is 29.4 Å². The van der Waals surface area contributed by atoms with Gasteiger partial charge < -0.3 is 5.32 Å². The van der Waals surface area contributed by atoms with Crippen LogP contribution in [-0.4, -0.2) is 27.0 Å². The molecule has 2 heterocycles. The third-order valence-electron chi connectivity index (χ3n) is 4.09. The van der Waals surface area contributed by atoms with Gasteiger partial charge in [-0.1, -0.05) is 29.3 Å². The molecule has 5 nitrogen and oxygen atoms in total. The van der Waals surface area contributed by atoms with Gasteiger partial charge in [-0.05, 0) is 49.4 Å². The molecule has 0 saturated carbocycles. The number of carbonyl (C=O) groups excluding carboxylic acids is 1. The second-order valence-electron chi connectivity index (χ2n) is 6.24. The molecule has 136 valence electrons. The van der Waals surface area contributed by atoms with Gasteiger partial charge in [0.25, 0.3) is 0 Å². The molecule has 0 unspecified atom stereocenters. The zero-order valence-electron chi connectivity index (χ0n) is 14.5. The van der Waals surface area contributed by atoms with Crippen molar-refractivity contribution in [3.05, 3.63) is 63.5 Å². The van der Waals surface area contributed by atoms with Crippen molar-refractivity contribution in [1.29, 1.82) is 0 Å². The van der Waals surface area contributed by atoms with E-state index in [4.69, 9.17) is 23.2 Å². The molecule has 0 bridgehead atoms. The zero-order chi connectivity index (χ0) is 18.5. The van der Waals surface area contributed by atoms with Crippen LogP contribution in [0.25, 0.3) is 5.65 Å². The highest BCUT2D eigenvalue weighted by Crippen LogP contribution is 2.22. The number of hydrogen-bond donors (Lipinski definition) is 1. The number of aryl methyl sites for hydroxylation is 3. The molecule has 3 rings (SSSR count). The molecule has 2 aromatic heterocycles. The van der Waals surface area contributed by atoms with Crippen molar-refractivity contribution in [3.8, 4) is 0 Å². The molecule has 0 fully saturated rings. The van der Waals surface area contributed by atoms with Crippen molar-refractivity contribution < 1.29 is 4.79 Å². The van der Waals surface area contributed by atoms with Crippen LogP contribution in [-0.2, 0) is 17.6 Å². The van der Waals surface area contributed by atoms with Crippen LogP contribution in [0.3, 0.4) is 0 Å². The summed E-state index contributed by atoms with van der Waals surface area (Å²) < 4.78 is 1.79. The van der Waals surface area contributed by atoms with E-state index in [1.807, 2.05) is 31.5 Å². The molecule has 1 aromatic carbocycles. The van der Waals surface area contributed by atoms with Gasteiger partial charge in [-0.3, -0.25) is 4.79 Å². The number of nitrogens with one attached hydrogen (secondary N) is 1. The second kappa shape index (κ2) is 8.52. The predicted molar refractivity (Wildman–Crippen MR) is 104 cm³/mol. The number of benzene rings is 1. The van der Waals surface area contributed by atoms with Crippen molar-refractivity contribution in [1.82, 2.24) is 19.9 Å². The summed E-state index contributed by atoms with van der Waals surface area (Å²) >= 11 is 12.0. The maximum atomic E-state index is 12.0. The lowest BCUT2D eigenvalue weighted by Gasteiger charge is -2.07. The number of halogens is 2. The van der Waals surface area contributed by atoms with Gasteiger partial charge in [-0.25, -0.2) is 9.50 Å². The smallest absolute Gasteiger partial charge is 0.220 e.